The first kappa shape index (κ1) is 16.1. The topological polar surface area (TPSA) is 129 Å². The van der Waals surface area contributed by atoms with Crippen LogP contribution in [-0.4, -0.2) is 81.8 Å². The van der Waals surface area contributed by atoms with Crippen molar-refractivity contribution in [3.05, 3.63) is 0 Å². The molecule has 0 bridgehead atoms. The summed E-state index contributed by atoms with van der Waals surface area (Å²) in [6.45, 7) is -0.658. The Bertz CT molecular complexity index is 301. The summed E-state index contributed by atoms with van der Waals surface area (Å²) in [4.78, 5) is 0. The Morgan fingerprint density at radius 1 is 0.900 bits per heavy atom. The lowest BCUT2D eigenvalue weighted by atomic mass is 10.0. The molecule has 0 radical (unpaired) electrons. The van der Waals surface area contributed by atoms with Crippen molar-refractivity contribution in [2.45, 2.75) is 62.4 Å². The van der Waals surface area contributed by atoms with Gasteiger partial charge >= 0.3 is 0 Å². The fraction of sp³-hybridized carbons (Fsp3) is 1.00. The fourth-order valence-corrected chi connectivity index (χ4v) is 2.48. The molecular formula is C12H22O8. The van der Waals surface area contributed by atoms with Crippen molar-refractivity contribution in [1.82, 2.24) is 0 Å². The maximum Gasteiger partial charge on any atom is 0.163 e. The number of hydrogen-bond acceptors (Lipinski definition) is 8. The molecule has 2 rings (SSSR count). The lowest BCUT2D eigenvalue weighted by Crippen LogP contribution is -2.52. The molecule has 0 saturated carbocycles. The second-order valence-corrected chi connectivity index (χ2v) is 5.21. The molecule has 2 fully saturated rings. The Morgan fingerprint density at radius 2 is 1.60 bits per heavy atom. The van der Waals surface area contributed by atoms with Gasteiger partial charge in [-0.1, -0.05) is 0 Å². The van der Waals surface area contributed by atoms with Crippen LogP contribution >= 0.6 is 0 Å². The summed E-state index contributed by atoms with van der Waals surface area (Å²) >= 11 is 0. The summed E-state index contributed by atoms with van der Waals surface area (Å²) in [5, 5.41) is 47.1. The molecular weight excluding hydrogens is 272 g/mol. The van der Waals surface area contributed by atoms with Crippen molar-refractivity contribution in [3.63, 3.8) is 0 Å². The van der Waals surface area contributed by atoms with E-state index >= 15 is 0 Å². The van der Waals surface area contributed by atoms with Gasteiger partial charge in [0.1, 0.15) is 12.2 Å². The number of aliphatic hydroxyl groups is 5. The van der Waals surface area contributed by atoms with Crippen molar-refractivity contribution < 1.29 is 39.7 Å². The highest BCUT2D eigenvalue weighted by atomic mass is 16.8. The first-order valence-corrected chi connectivity index (χ1v) is 6.75. The first-order valence-electron chi connectivity index (χ1n) is 6.75. The standard InChI is InChI=1S/C12H22O8/c13-4-7-1-6(15)2-10(18-7)20-11-3-8(16)12(17)9(5-14)19-11/h6-17H,1-5H2/t6?,7-,8+,9+,10?,11+,12-/m0/s1. The van der Waals surface area contributed by atoms with Gasteiger partial charge in [-0.3, -0.25) is 0 Å². The first-order chi connectivity index (χ1) is 9.53. The highest BCUT2D eigenvalue weighted by Gasteiger charge is 2.39. The molecule has 5 N–H and O–H groups in total. The molecule has 2 aliphatic heterocycles. The summed E-state index contributed by atoms with van der Waals surface area (Å²) in [6, 6.07) is 0. The van der Waals surface area contributed by atoms with E-state index in [1.54, 1.807) is 0 Å². The van der Waals surface area contributed by atoms with E-state index in [9.17, 15) is 15.3 Å². The third-order valence-corrected chi connectivity index (χ3v) is 3.57. The average molecular weight is 294 g/mol. The summed E-state index contributed by atoms with van der Waals surface area (Å²) in [5.41, 5.74) is 0. The van der Waals surface area contributed by atoms with E-state index in [0.717, 1.165) is 0 Å². The molecule has 8 nitrogen and oxygen atoms in total. The van der Waals surface area contributed by atoms with Crippen LogP contribution in [0.15, 0.2) is 0 Å². The zero-order valence-electron chi connectivity index (χ0n) is 11.0. The van der Waals surface area contributed by atoms with Gasteiger partial charge in [-0.05, 0) is 0 Å². The Hall–Kier alpha value is -0.320. The molecule has 2 unspecified atom stereocenters. The molecule has 7 atom stereocenters. The van der Waals surface area contributed by atoms with Crippen molar-refractivity contribution in [2.24, 2.45) is 0 Å². The van der Waals surface area contributed by atoms with Crippen molar-refractivity contribution in [1.29, 1.82) is 0 Å². The van der Waals surface area contributed by atoms with Gasteiger partial charge < -0.3 is 39.7 Å². The molecule has 20 heavy (non-hydrogen) atoms. The Balaban J connectivity index is 1.89. The minimum atomic E-state index is -1.16. The molecule has 2 heterocycles. The Labute approximate surface area is 116 Å². The van der Waals surface area contributed by atoms with Gasteiger partial charge in [0.2, 0.25) is 0 Å². The summed E-state index contributed by atoms with van der Waals surface area (Å²) in [7, 11) is 0. The molecule has 0 aromatic rings. The lowest BCUT2D eigenvalue weighted by molar-refractivity contribution is -0.323. The number of rotatable bonds is 4. The van der Waals surface area contributed by atoms with Crippen LogP contribution in [-0.2, 0) is 14.2 Å². The highest BCUT2D eigenvalue weighted by Crippen LogP contribution is 2.26. The predicted molar refractivity (Wildman–Crippen MR) is 64.5 cm³/mol. The number of hydrogen-bond donors (Lipinski definition) is 5. The fourth-order valence-electron chi connectivity index (χ4n) is 2.48. The van der Waals surface area contributed by atoms with Gasteiger partial charge in [-0.2, -0.15) is 0 Å². The smallest absolute Gasteiger partial charge is 0.163 e. The van der Waals surface area contributed by atoms with E-state index in [1.807, 2.05) is 0 Å². The van der Waals surface area contributed by atoms with Gasteiger partial charge in [-0.25, -0.2) is 0 Å². The van der Waals surface area contributed by atoms with Crippen LogP contribution in [0.25, 0.3) is 0 Å². The van der Waals surface area contributed by atoms with Crippen LogP contribution in [0.4, 0.5) is 0 Å². The molecule has 2 aliphatic rings. The Kier molecular flexibility index (Phi) is 5.70. The maximum absolute atomic E-state index is 9.68. The minimum absolute atomic E-state index is 0.0391. The van der Waals surface area contributed by atoms with Crippen LogP contribution < -0.4 is 0 Å². The third-order valence-electron chi connectivity index (χ3n) is 3.57. The molecule has 8 heteroatoms. The molecule has 0 spiro atoms. The molecule has 0 amide bonds. The van der Waals surface area contributed by atoms with Crippen LogP contribution in [0.3, 0.4) is 0 Å². The largest absolute Gasteiger partial charge is 0.394 e. The van der Waals surface area contributed by atoms with Crippen molar-refractivity contribution in [2.75, 3.05) is 13.2 Å². The quantitative estimate of drug-likeness (QED) is 0.391. The lowest BCUT2D eigenvalue weighted by Gasteiger charge is -2.39. The summed E-state index contributed by atoms with van der Waals surface area (Å²) in [6.07, 6.45) is -5.29. The van der Waals surface area contributed by atoms with E-state index < -0.39 is 49.7 Å². The molecule has 118 valence electrons. The zero-order valence-corrected chi connectivity index (χ0v) is 11.0. The molecule has 0 aromatic heterocycles. The zero-order chi connectivity index (χ0) is 14.7. The maximum atomic E-state index is 9.68. The van der Waals surface area contributed by atoms with Gasteiger partial charge in [0.05, 0.1) is 31.5 Å². The van der Waals surface area contributed by atoms with Gasteiger partial charge in [0.25, 0.3) is 0 Å². The third kappa shape index (κ3) is 3.86. The van der Waals surface area contributed by atoms with Crippen molar-refractivity contribution in [3.8, 4) is 0 Å². The second kappa shape index (κ2) is 7.10. The minimum Gasteiger partial charge on any atom is -0.394 e. The molecule has 0 aromatic carbocycles. The van der Waals surface area contributed by atoms with E-state index in [4.69, 9.17) is 24.4 Å². The molecule has 2 saturated heterocycles. The predicted octanol–water partition coefficient (Wildman–Crippen LogP) is -2.31. The van der Waals surface area contributed by atoms with Crippen LogP contribution in [0.1, 0.15) is 19.3 Å². The summed E-state index contributed by atoms with van der Waals surface area (Å²) in [5.74, 6) is 0. The van der Waals surface area contributed by atoms with Gasteiger partial charge in [-0.15, -0.1) is 0 Å². The van der Waals surface area contributed by atoms with Gasteiger partial charge in [0.15, 0.2) is 12.6 Å². The van der Waals surface area contributed by atoms with E-state index in [1.165, 1.54) is 0 Å². The molecule has 0 aliphatic carbocycles. The second-order valence-electron chi connectivity index (χ2n) is 5.21. The Morgan fingerprint density at radius 3 is 2.25 bits per heavy atom. The number of ether oxygens (including phenoxy) is 3. The van der Waals surface area contributed by atoms with Crippen LogP contribution in [0, 0.1) is 0 Å². The normalized spacial score (nSPS) is 46.4. The summed E-state index contributed by atoms with van der Waals surface area (Å²) < 4.78 is 16.2. The van der Waals surface area contributed by atoms with Crippen LogP contribution in [0.2, 0.25) is 0 Å². The van der Waals surface area contributed by atoms with E-state index in [0.29, 0.717) is 6.42 Å². The average Bonchev–Trinajstić information content (AvgIpc) is 2.41. The van der Waals surface area contributed by atoms with Crippen LogP contribution in [0.5, 0.6) is 0 Å². The van der Waals surface area contributed by atoms with E-state index in [2.05, 4.69) is 0 Å². The highest BCUT2D eigenvalue weighted by molar-refractivity contribution is 4.83. The monoisotopic (exact) mass is 294 g/mol. The SMILES string of the molecule is OC[C@@H]1CC(O)CC(O[C@@H]2C[C@@H](O)[C@H](O)[C@@H](CO)O2)O1. The van der Waals surface area contributed by atoms with Gasteiger partial charge in [0, 0.05) is 19.3 Å². The number of aliphatic hydroxyl groups excluding tert-OH is 5. The van der Waals surface area contributed by atoms with E-state index in [-0.39, 0.29) is 19.4 Å². The van der Waals surface area contributed by atoms with Crippen molar-refractivity contribution >= 4 is 0 Å².